The fourth-order valence-electron chi connectivity index (χ4n) is 1.37. The predicted octanol–water partition coefficient (Wildman–Crippen LogP) is 1.65. The van der Waals surface area contributed by atoms with E-state index in [2.05, 4.69) is 4.98 Å². The quantitative estimate of drug-likeness (QED) is 0.807. The minimum absolute atomic E-state index is 0.174. The molecule has 0 saturated carbocycles. The third kappa shape index (κ3) is 2.41. The molecule has 4 nitrogen and oxygen atoms in total. The lowest BCUT2D eigenvalue weighted by molar-refractivity contribution is 0.474. The average molecular weight is 237 g/mol. The van der Waals surface area contributed by atoms with Crippen LogP contribution in [-0.4, -0.2) is 14.7 Å². The summed E-state index contributed by atoms with van der Waals surface area (Å²) < 4.78 is 1.42. The van der Waals surface area contributed by atoms with Crippen molar-refractivity contribution in [1.29, 1.82) is 0 Å². The molecule has 0 saturated heterocycles. The maximum absolute atomic E-state index is 11.5. The molecule has 16 heavy (non-hydrogen) atoms. The lowest BCUT2D eigenvalue weighted by atomic mass is 10.2. The molecular formula is C11H9ClN2O2. The molecule has 0 bridgehead atoms. The molecule has 1 aromatic carbocycles. The van der Waals surface area contributed by atoms with Crippen LogP contribution in [0.5, 0.6) is 5.75 Å². The van der Waals surface area contributed by atoms with E-state index in [1.807, 2.05) is 6.07 Å². The summed E-state index contributed by atoms with van der Waals surface area (Å²) in [6.45, 7) is 0.359. The van der Waals surface area contributed by atoms with Crippen LogP contribution < -0.4 is 5.56 Å². The molecule has 2 aromatic rings. The Balaban J connectivity index is 2.31. The topological polar surface area (TPSA) is 55.1 Å². The molecule has 0 spiro atoms. The molecule has 0 atom stereocenters. The zero-order chi connectivity index (χ0) is 11.5. The van der Waals surface area contributed by atoms with E-state index in [4.69, 9.17) is 11.6 Å². The van der Waals surface area contributed by atoms with E-state index in [1.165, 1.54) is 17.0 Å². The van der Waals surface area contributed by atoms with Crippen LogP contribution in [0, 0.1) is 0 Å². The van der Waals surface area contributed by atoms with Crippen LogP contribution in [0.15, 0.2) is 41.5 Å². The fraction of sp³-hybridized carbons (Fsp3) is 0.0909. The van der Waals surface area contributed by atoms with Crippen LogP contribution in [0.25, 0.3) is 0 Å². The first kappa shape index (κ1) is 10.7. The molecule has 0 amide bonds. The van der Waals surface area contributed by atoms with Crippen molar-refractivity contribution in [2.24, 2.45) is 0 Å². The number of hydrogen-bond acceptors (Lipinski definition) is 3. The van der Waals surface area contributed by atoms with E-state index >= 15 is 0 Å². The second-order valence-corrected chi connectivity index (χ2v) is 3.73. The fourth-order valence-corrected chi connectivity index (χ4v) is 1.51. The van der Waals surface area contributed by atoms with Gasteiger partial charge >= 0.3 is 0 Å². The van der Waals surface area contributed by atoms with Crippen LogP contribution in [0.1, 0.15) is 5.56 Å². The number of rotatable bonds is 2. The number of hydrogen-bond donors (Lipinski definition) is 1. The Labute approximate surface area is 96.8 Å². The summed E-state index contributed by atoms with van der Waals surface area (Å²) in [4.78, 5) is 15.3. The van der Waals surface area contributed by atoms with Crippen molar-refractivity contribution in [3.05, 3.63) is 57.7 Å². The number of benzene rings is 1. The van der Waals surface area contributed by atoms with Gasteiger partial charge in [-0.2, -0.15) is 0 Å². The van der Waals surface area contributed by atoms with Gasteiger partial charge in [-0.3, -0.25) is 9.36 Å². The van der Waals surface area contributed by atoms with Crippen molar-refractivity contribution in [3.63, 3.8) is 0 Å². The molecular weight excluding hydrogens is 228 g/mol. The van der Waals surface area contributed by atoms with E-state index in [9.17, 15) is 9.90 Å². The van der Waals surface area contributed by atoms with Gasteiger partial charge in [0.25, 0.3) is 5.56 Å². The highest BCUT2D eigenvalue weighted by molar-refractivity contribution is 6.29. The lowest BCUT2D eigenvalue weighted by Crippen LogP contribution is -2.19. The number of phenols is 1. The minimum Gasteiger partial charge on any atom is -0.508 e. The van der Waals surface area contributed by atoms with Crippen molar-refractivity contribution in [2.45, 2.75) is 6.54 Å². The van der Waals surface area contributed by atoms with Gasteiger partial charge in [0, 0.05) is 6.07 Å². The first-order valence-electron chi connectivity index (χ1n) is 4.65. The van der Waals surface area contributed by atoms with E-state index in [-0.39, 0.29) is 16.5 Å². The highest BCUT2D eigenvalue weighted by Crippen LogP contribution is 2.11. The Morgan fingerprint density at radius 3 is 2.88 bits per heavy atom. The molecule has 0 aliphatic heterocycles. The molecule has 0 unspecified atom stereocenters. The third-order valence-corrected chi connectivity index (χ3v) is 2.32. The number of aromatic hydroxyl groups is 1. The highest BCUT2D eigenvalue weighted by Gasteiger charge is 2.00. The molecule has 0 aliphatic rings. The van der Waals surface area contributed by atoms with Gasteiger partial charge in [0.1, 0.15) is 10.9 Å². The van der Waals surface area contributed by atoms with Crippen molar-refractivity contribution in [2.75, 3.05) is 0 Å². The zero-order valence-electron chi connectivity index (χ0n) is 8.30. The smallest absolute Gasteiger partial charge is 0.255 e. The summed E-state index contributed by atoms with van der Waals surface area (Å²) in [5.74, 6) is 0.174. The second kappa shape index (κ2) is 4.37. The van der Waals surface area contributed by atoms with Gasteiger partial charge in [-0.05, 0) is 17.7 Å². The lowest BCUT2D eigenvalue weighted by Gasteiger charge is -2.05. The number of nitrogens with zero attached hydrogens (tertiary/aromatic N) is 2. The predicted molar refractivity (Wildman–Crippen MR) is 60.7 cm³/mol. The summed E-state index contributed by atoms with van der Waals surface area (Å²) in [5, 5.41) is 9.46. The van der Waals surface area contributed by atoms with Crippen molar-refractivity contribution < 1.29 is 5.11 Å². The van der Waals surface area contributed by atoms with E-state index in [0.717, 1.165) is 5.56 Å². The Morgan fingerprint density at radius 2 is 2.19 bits per heavy atom. The minimum atomic E-state index is -0.219. The van der Waals surface area contributed by atoms with E-state index < -0.39 is 0 Å². The normalized spacial score (nSPS) is 10.3. The summed E-state index contributed by atoms with van der Waals surface area (Å²) in [5.41, 5.74) is 0.606. The molecule has 1 aromatic heterocycles. The van der Waals surface area contributed by atoms with Gasteiger partial charge in [-0.25, -0.2) is 4.98 Å². The Hall–Kier alpha value is -1.81. The number of phenolic OH excluding ortho intramolecular Hbond substituents is 1. The van der Waals surface area contributed by atoms with Gasteiger partial charge in [-0.15, -0.1) is 0 Å². The maximum atomic E-state index is 11.5. The standard InChI is InChI=1S/C11H9ClN2O2/c12-10-5-11(16)14(7-13-10)6-8-2-1-3-9(15)4-8/h1-5,7,15H,6H2. The third-order valence-electron chi connectivity index (χ3n) is 2.11. The molecule has 1 N–H and O–H groups in total. The van der Waals surface area contributed by atoms with Gasteiger partial charge < -0.3 is 5.11 Å². The first-order valence-corrected chi connectivity index (χ1v) is 5.03. The SMILES string of the molecule is O=c1cc(Cl)ncn1Cc1cccc(O)c1. The molecule has 0 aliphatic carbocycles. The van der Waals surface area contributed by atoms with Gasteiger partial charge in [0.2, 0.25) is 0 Å². The van der Waals surface area contributed by atoms with Crippen LogP contribution >= 0.6 is 11.6 Å². The monoisotopic (exact) mass is 236 g/mol. The molecule has 1 heterocycles. The summed E-state index contributed by atoms with van der Waals surface area (Å²) in [6, 6.07) is 7.97. The van der Waals surface area contributed by atoms with Crippen LogP contribution in [0.2, 0.25) is 5.15 Å². The number of halogens is 1. The first-order chi connectivity index (χ1) is 7.65. The van der Waals surface area contributed by atoms with E-state index in [0.29, 0.717) is 6.54 Å². The Kier molecular flexibility index (Phi) is 2.92. The van der Waals surface area contributed by atoms with Gasteiger partial charge in [0.05, 0.1) is 12.9 Å². The van der Waals surface area contributed by atoms with Crippen molar-refractivity contribution in [1.82, 2.24) is 9.55 Å². The Morgan fingerprint density at radius 1 is 1.38 bits per heavy atom. The molecule has 0 radical (unpaired) electrons. The van der Waals surface area contributed by atoms with Crippen LogP contribution in [-0.2, 0) is 6.54 Å². The molecule has 5 heteroatoms. The Bertz CT molecular complexity index is 566. The van der Waals surface area contributed by atoms with Gasteiger partial charge in [-0.1, -0.05) is 23.7 Å². The maximum Gasteiger partial charge on any atom is 0.255 e. The zero-order valence-corrected chi connectivity index (χ0v) is 9.05. The summed E-state index contributed by atoms with van der Waals surface area (Å²) >= 11 is 5.58. The van der Waals surface area contributed by atoms with Gasteiger partial charge in [0.15, 0.2) is 0 Å². The van der Waals surface area contributed by atoms with Crippen LogP contribution in [0.4, 0.5) is 0 Å². The molecule has 2 rings (SSSR count). The second-order valence-electron chi connectivity index (χ2n) is 3.35. The largest absolute Gasteiger partial charge is 0.508 e. The highest BCUT2D eigenvalue weighted by atomic mass is 35.5. The van der Waals surface area contributed by atoms with E-state index in [1.54, 1.807) is 18.2 Å². The molecule has 0 fully saturated rings. The van der Waals surface area contributed by atoms with Crippen molar-refractivity contribution >= 4 is 11.6 Å². The summed E-state index contributed by atoms with van der Waals surface area (Å²) in [7, 11) is 0. The average Bonchev–Trinajstić information content (AvgIpc) is 2.22. The van der Waals surface area contributed by atoms with Crippen molar-refractivity contribution in [3.8, 4) is 5.75 Å². The molecule has 82 valence electrons. The summed E-state index contributed by atoms with van der Waals surface area (Å²) in [6.07, 6.45) is 1.38. The number of aromatic nitrogens is 2. The van der Waals surface area contributed by atoms with Crippen LogP contribution in [0.3, 0.4) is 0 Å².